The van der Waals surface area contributed by atoms with E-state index in [-0.39, 0.29) is 0 Å². The molecule has 1 aliphatic rings. The van der Waals surface area contributed by atoms with Gasteiger partial charge in [-0.25, -0.2) is 0 Å². The Morgan fingerprint density at radius 2 is 1.61 bits per heavy atom. The molecule has 0 aromatic heterocycles. The molecule has 3 aromatic carbocycles. The Kier molecular flexibility index (Phi) is 1.95. The van der Waals surface area contributed by atoms with Crippen molar-refractivity contribution < 1.29 is 0 Å². The van der Waals surface area contributed by atoms with Gasteiger partial charge in [-0.05, 0) is 28.0 Å². The van der Waals surface area contributed by atoms with Crippen molar-refractivity contribution in [1.29, 1.82) is 0 Å². The molecule has 3 aromatic rings. The Balaban J connectivity index is 2.15. The summed E-state index contributed by atoms with van der Waals surface area (Å²) in [5.74, 6) is 0. The van der Waals surface area contributed by atoms with Gasteiger partial charge in [-0.1, -0.05) is 54.6 Å². The van der Waals surface area contributed by atoms with Gasteiger partial charge in [0.1, 0.15) is 6.54 Å². The minimum absolute atomic E-state index is 1.13. The van der Waals surface area contributed by atoms with E-state index in [2.05, 4.69) is 66.5 Å². The first kappa shape index (κ1) is 9.72. The third-order valence-corrected chi connectivity index (χ3v) is 3.46. The summed E-state index contributed by atoms with van der Waals surface area (Å²) in [4.78, 5) is 0. The number of benzene rings is 3. The van der Waals surface area contributed by atoms with E-state index in [1.165, 1.54) is 21.9 Å². The Labute approximate surface area is 106 Å². The van der Waals surface area contributed by atoms with Gasteiger partial charge in [0.2, 0.25) is 0 Å². The number of anilines is 1. The number of para-hydroxylation sites is 1. The highest BCUT2D eigenvalue weighted by atomic mass is 14.9. The molecule has 84 valence electrons. The predicted molar refractivity (Wildman–Crippen MR) is 75.4 cm³/mol. The molecule has 4 rings (SSSR count). The summed E-state index contributed by atoms with van der Waals surface area (Å²) in [6.45, 7) is 3.26. The van der Waals surface area contributed by atoms with Crippen LogP contribution in [0.1, 0.15) is 5.56 Å². The van der Waals surface area contributed by atoms with Crippen LogP contribution in [0.2, 0.25) is 0 Å². The van der Waals surface area contributed by atoms with Crippen LogP contribution in [-0.4, -0.2) is 0 Å². The molecular formula is C17H11N. The van der Waals surface area contributed by atoms with Gasteiger partial charge in [0, 0.05) is 11.3 Å². The highest BCUT2D eigenvalue weighted by Crippen LogP contribution is 2.40. The topological polar surface area (TPSA) is 12.0 Å². The third kappa shape index (κ3) is 1.28. The van der Waals surface area contributed by atoms with Crippen molar-refractivity contribution in [3.05, 3.63) is 72.8 Å². The van der Waals surface area contributed by atoms with E-state index >= 15 is 0 Å². The van der Waals surface area contributed by atoms with Gasteiger partial charge < -0.3 is 5.32 Å². The maximum absolute atomic E-state index is 3.26. The Bertz CT molecular complexity index is 743. The maximum atomic E-state index is 3.26. The van der Waals surface area contributed by atoms with Crippen LogP contribution in [0.4, 0.5) is 5.69 Å². The highest BCUT2D eigenvalue weighted by molar-refractivity contribution is 6.03. The van der Waals surface area contributed by atoms with Crippen molar-refractivity contribution in [1.82, 2.24) is 0 Å². The maximum Gasteiger partial charge on any atom is 0.124 e. The first-order valence-electron chi connectivity index (χ1n) is 6.07. The second-order valence-electron chi connectivity index (χ2n) is 4.50. The molecule has 0 saturated carbocycles. The van der Waals surface area contributed by atoms with Crippen LogP contribution >= 0.6 is 0 Å². The van der Waals surface area contributed by atoms with Crippen molar-refractivity contribution in [3.8, 4) is 11.1 Å². The summed E-state index contributed by atoms with van der Waals surface area (Å²) in [5, 5.41) is 5.79. The average Bonchev–Trinajstić information content (AvgIpc) is 2.46. The van der Waals surface area contributed by atoms with E-state index in [0.717, 1.165) is 11.3 Å². The molecule has 0 aliphatic carbocycles. The lowest BCUT2D eigenvalue weighted by atomic mass is 9.90. The number of hydrogen-bond acceptors (Lipinski definition) is 1. The second kappa shape index (κ2) is 3.61. The van der Waals surface area contributed by atoms with Crippen molar-refractivity contribution >= 4 is 16.5 Å². The molecule has 0 atom stereocenters. The lowest BCUT2D eigenvalue weighted by Gasteiger charge is -2.22. The molecule has 2 radical (unpaired) electrons. The molecule has 0 unspecified atom stereocenters. The lowest BCUT2D eigenvalue weighted by Crippen LogP contribution is -2.06. The van der Waals surface area contributed by atoms with Gasteiger partial charge in [-0.2, -0.15) is 0 Å². The quantitative estimate of drug-likeness (QED) is 0.605. The van der Waals surface area contributed by atoms with Crippen molar-refractivity contribution in [2.75, 3.05) is 5.32 Å². The molecule has 1 N–H and O–H groups in total. The first-order valence-corrected chi connectivity index (χ1v) is 6.07. The van der Waals surface area contributed by atoms with E-state index in [1.807, 2.05) is 6.07 Å². The fourth-order valence-corrected chi connectivity index (χ4v) is 2.61. The molecular weight excluding hydrogens is 218 g/mol. The van der Waals surface area contributed by atoms with Crippen LogP contribution in [0.15, 0.2) is 60.7 Å². The summed E-state index contributed by atoms with van der Waals surface area (Å²) in [5.41, 5.74) is 4.79. The molecule has 0 saturated heterocycles. The molecule has 0 fully saturated rings. The smallest absolute Gasteiger partial charge is 0.124 e. The van der Waals surface area contributed by atoms with E-state index in [0.29, 0.717) is 0 Å². The van der Waals surface area contributed by atoms with Gasteiger partial charge >= 0.3 is 0 Å². The van der Waals surface area contributed by atoms with Gasteiger partial charge in [-0.15, -0.1) is 0 Å². The lowest BCUT2D eigenvalue weighted by molar-refractivity contribution is 1.37. The van der Waals surface area contributed by atoms with E-state index in [1.54, 1.807) is 0 Å². The van der Waals surface area contributed by atoms with Crippen LogP contribution in [0.5, 0.6) is 0 Å². The largest absolute Gasteiger partial charge is 0.370 e. The Morgan fingerprint density at radius 1 is 0.778 bits per heavy atom. The number of nitrogens with one attached hydrogen (secondary N) is 1. The Hall–Kier alpha value is -2.28. The third-order valence-electron chi connectivity index (χ3n) is 3.46. The van der Waals surface area contributed by atoms with Crippen molar-refractivity contribution in [3.63, 3.8) is 0 Å². The van der Waals surface area contributed by atoms with Gasteiger partial charge in [0.25, 0.3) is 0 Å². The molecule has 0 spiro atoms. The molecule has 18 heavy (non-hydrogen) atoms. The van der Waals surface area contributed by atoms with Crippen LogP contribution in [0.25, 0.3) is 21.9 Å². The number of hydrogen-bond donors (Lipinski definition) is 1. The molecule has 1 aliphatic heterocycles. The van der Waals surface area contributed by atoms with Crippen molar-refractivity contribution in [2.45, 2.75) is 0 Å². The standard InChI is InChI=1S/C17H11N/c1-2-6-14-12(5-1)9-10-13-11-18-16-8-4-3-7-15(16)17(13)14/h1-10,18H. The zero-order valence-electron chi connectivity index (χ0n) is 9.77. The van der Waals surface area contributed by atoms with E-state index in [4.69, 9.17) is 0 Å². The number of rotatable bonds is 0. The SMILES string of the molecule is [C]1Nc2ccccc2-c2c1ccc1ccccc21. The number of fused-ring (bicyclic) bond motifs is 5. The van der Waals surface area contributed by atoms with Crippen LogP contribution in [0.3, 0.4) is 0 Å². The molecule has 1 heterocycles. The minimum atomic E-state index is 1.13. The van der Waals surface area contributed by atoms with Crippen LogP contribution in [0, 0.1) is 6.54 Å². The normalized spacial score (nSPS) is 12.7. The molecule has 0 bridgehead atoms. The summed E-state index contributed by atoms with van der Waals surface area (Å²) >= 11 is 0. The second-order valence-corrected chi connectivity index (χ2v) is 4.50. The van der Waals surface area contributed by atoms with Gasteiger partial charge in [-0.3, -0.25) is 0 Å². The van der Waals surface area contributed by atoms with Crippen LogP contribution in [-0.2, 0) is 0 Å². The predicted octanol–water partition coefficient (Wildman–Crippen LogP) is 4.32. The molecule has 1 heteroatoms. The summed E-state index contributed by atoms with van der Waals surface area (Å²) in [6.07, 6.45) is 0. The highest BCUT2D eigenvalue weighted by Gasteiger charge is 2.17. The fourth-order valence-electron chi connectivity index (χ4n) is 2.61. The molecule has 0 amide bonds. The molecule has 1 nitrogen and oxygen atoms in total. The van der Waals surface area contributed by atoms with E-state index < -0.39 is 0 Å². The van der Waals surface area contributed by atoms with Crippen LogP contribution < -0.4 is 5.32 Å². The van der Waals surface area contributed by atoms with Gasteiger partial charge in [0.05, 0.1) is 0 Å². The monoisotopic (exact) mass is 229 g/mol. The Morgan fingerprint density at radius 3 is 2.61 bits per heavy atom. The average molecular weight is 229 g/mol. The van der Waals surface area contributed by atoms with Crippen molar-refractivity contribution in [2.24, 2.45) is 0 Å². The first-order chi connectivity index (χ1) is 8.93. The summed E-state index contributed by atoms with van der Waals surface area (Å²) < 4.78 is 0. The zero-order valence-corrected chi connectivity index (χ0v) is 9.77. The summed E-state index contributed by atoms with van der Waals surface area (Å²) in [6, 6.07) is 21.2. The zero-order chi connectivity index (χ0) is 11.9. The minimum Gasteiger partial charge on any atom is -0.370 e. The van der Waals surface area contributed by atoms with E-state index in [9.17, 15) is 0 Å². The summed E-state index contributed by atoms with van der Waals surface area (Å²) in [7, 11) is 0. The fraction of sp³-hybridized carbons (Fsp3) is 0. The van der Waals surface area contributed by atoms with Gasteiger partial charge in [0.15, 0.2) is 0 Å².